The van der Waals surface area contributed by atoms with E-state index in [1.54, 1.807) is 0 Å². The molecule has 0 spiro atoms. The molecule has 0 radical (unpaired) electrons. The minimum Gasteiger partial charge on any atom is -0.376 e. The van der Waals surface area contributed by atoms with Gasteiger partial charge in [0.1, 0.15) is 0 Å². The third-order valence-electron chi connectivity index (χ3n) is 8.32. The summed E-state index contributed by atoms with van der Waals surface area (Å²) in [6.07, 6.45) is 0. The molecule has 0 amide bonds. The quantitative estimate of drug-likeness (QED) is 0.253. The fourth-order valence-corrected chi connectivity index (χ4v) is 6.53. The van der Waals surface area contributed by atoms with Gasteiger partial charge in [-0.3, -0.25) is 0 Å². The molecule has 0 N–H and O–H groups in total. The lowest BCUT2D eigenvalue weighted by Gasteiger charge is -2.48. The Hall–Kier alpha value is -4.24. The number of fused-ring (bicyclic) bond motifs is 4. The summed E-state index contributed by atoms with van der Waals surface area (Å²) >= 11 is 0. The summed E-state index contributed by atoms with van der Waals surface area (Å²) in [5.41, 5.74) is 12.9. The van der Waals surface area contributed by atoms with Crippen LogP contribution < -0.4 is 20.6 Å². The summed E-state index contributed by atoms with van der Waals surface area (Å²) in [6.45, 7) is 4.78. The Morgan fingerprint density at radius 1 is 0.541 bits per heavy atom. The molecule has 0 bridgehead atoms. The maximum atomic E-state index is 2.63. The van der Waals surface area contributed by atoms with Crippen LogP contribution in [0.3, 0.4) is 0 Å². The molecule has 3 heteroatoms. The van der Waals surface area contributed by atoms with Gasteiger partial charge in [-0.05, 0) is 45.8 Å². The molecule has 0 aromatic heterocycles. The molecule has 37 heavy (non-hydrogen) atoms. The minimum absolute atomic E-state index is 0.0458. The fraction of sp³-hybridized carbons (Fsp3) is 0.118. The van der Waals surface area contributed by atoms with Gasteiger partial charge in [0.15, 0.2) is 0 Å². The minimum atomic E-state index is -0.127. The molecule has 2 aliphatic rings. The number of nitrogens with zero attached hydrogens (tertiary/aromatic N) is 2. The predicted molar refractivity (Wildman–Crippen MR) is 159 cm³/mol. The molecule has 0 fully saturated rings. The number of hydrogen-bond acceptors (Lipinski definition) is 2. The van der Waals surface area contributed by atoms with Crippen molar-refractivity contribution in [2.24, 2.45) is 0 Å². The van der Waals surface area contributed by atoms with E-state index in [1.165, 1.54) is 55.9 Å². The Labute approximate surface area is 219 Å². The first-order chi connectivity index (χ1) is 18.1. The first-order valence-electron chi connectivity index (χ1n) is 13.1. The first-order valence-corrected chi connectivity index (χ1v) is 13.1. The van der Waals surface area contributed by atoms with Crippen LogP contribution >= 0.6 is 0 Å². The van der Waals surface area contributed by atoms with Crippen molar-refractivity contribution >= 4 is 40.5 Å². The molecule has 0 saturated carbocycles. The van der Waals surface area contributed by atoms with Crippen LogP contribution in [0.15, 0.2) is 121 Å². The van der Waals surface area contributed by atoms with Crippen LogP contribution in [0.4, 0.5) is 22.7 Å². The smallest absolute Gasteiger partial charge is 0.332 e. The zero-order valence-corrected chi connectivity index (χ0v) is 21.5. The second-order valence-corrected chi connectivity index (χ2v) is 10.7. The van der Waals surface area contributed by atoms with Gasteiger partial charge in [0.25, 0.3) is 0 Å². The Morgan fingerprint density at radius 3 is 1.76 bits per heavy atom. The van der Waals surface area contributed by atoms with E-state index in [9.17, 15) is 0 Å². The van der Waals surface area contributed by atoms with Gasteiger partial charge in [0.2, 0.25) is 0 Å². The fourth-order valence-electron chi connectivity index (χ4n) is 6.53. The van der Waals surface area contributed by atoms with E-state index in [0.29, 0.717) is 0 Å². The van der Waals surface area contributed by atoms with Crippen molar-refractivity contribution in [2.75, 3.05) is 16.8 Å². The van der Waals surface area contributed by atoms with Crippen LogP contribution in [0.25, 0.3) is 11.1 Å². The summed E-state index contributed by atoms with van der Waals surface area (Å²) in [4.78, 5) is 4.97. The maximum Gasteiger partial charge on any atom is 0.332 e. The molecule has 2 aliphatic heterocycles. The van der Waals surface area contributed by atoms with Gasteiger partial charge in [0.05, 0.1) is 0 Å². The molecule has 5 aromatic rings. The van der Waals surface area contributed by atoms with Gasteiger partial charge in [-0.15, -0.1) is 0 Å². The second kappa shape index (κ2) is 8.14. The zero-order chi connectivity index (χ0) is 25.1. The number of benzene rings is 5. The van der Waals surface area contributed by atoms with Crippen LogP contribution in [0, 0.1) is 0 Å². The average Bonchev–Trinajstić information content (AvgIpc) is 2.95. The monoisotopic (exact) mass is 476 g/mol. The molecular weight excluding hydrogens is 447 g/mol. The van der Waals surface area contributed by atoms with Crippen molar-refractivity contribution in [3.05, 3.63) is 132 Å². The predicted octanol–water partition coefficient (Wildman–Crippen LogP) is 7.02. The molecule has 0 atom stereocenters. The number of para-hydroxylation sites is 4. The van der Waals surface area contributed by atoms with Crippen LogP contribution in [-0.4, -0.2) is 13.9 Å². The average molecular weight is 476 g/mol. The standard InChI is InChI=1S/C34H29BN2/c1-34(2)26-17-7-10-21-30(26)37(33-25(16-13-18-27(33)34)24-14-5-4-6-15-24)35-28-19-8-11-22-31(28)36(3)32-23-12-9-20-29(32)35/h4-23H,1-3H3. The highest BCUT2D eigenvalue weighted by Gasteiger charge is 2.45. The van der Waals surface area contributed by atoms with E-state index in [0.717, 1.165) is 0 Å². The highest BCUT2D eigenvalue weighted by molar-refractivity contribution is 6.92. The lowest BCUT2D eigenvalue weighted by atomic mass is 9.45. The van der Waals surface area contributed by atoms with Crippen LogP contribution in [-0.2, 0) is 5.41 Å². The summed E-state index contributed by atoms with van der Waals surface area (Å²) in [7, 11) is 2.19. The topological polar surface area (TPSA) is 6.48 Å². The summed E-state index contributed by atoms with van der Waals surface area (Å²) < 4.78 is 0. The number of rotatable bonds is 2. The highest BCUT2D eigenvalue weighted by Crippen LogP contribution is 2.52. The molecule has 2 heterocycles. The third kappa shape index (κ3) is 3.13. The highest BCUT2D eigenvalue weighted by atomic mass is 15.1. The van der Waals surface area contributed by atoms with E-state index in [2.05, 4.69) is 152 Å². The van der Waals surface area contributed by atoms with Gasteiger partial charge < -0.3 is 9.71 Å². The van der Waals surface area contributed by atoms with E-state index in [1.807, 2.05) is 0 Å². The summed E-state index contributed by atoms with van der Waals surface area (Å²) in [5, 5.41) is 0. The van der Waals surface area contributed by atoms with Crippen molar-refractivity contribution in [2.45, 2.75) is 19.3 Å². The van der Waals surface area contributed by atoms with Gasteiger partial charge in [-0.2, -0.15) is 0 Å². The van der Waals surface area contributed by atoms with Gasteiger partial charge in [-0.25, -0.2) is 0 Å². The summed E-state index contributed by atoms with van der Waals surface area (Å²) in [6, 6.07) is 44.5. The first kappa shape index (κ1) is 22.0. The maximum absolute atomic E-state index is 2.63. The molecule has 7 rings (SSSR count). The third-order valence-corrected chi connectivity index (χ3v) is 8.32. The normalized spacial score (nSPS) is 14.9. The Kier molecular flexibility index (Phi) is 4.84. The largest absolute Gasteiger partial charge is 0.376 e. The van der Waals surface area contributed by atoms with E-state index in [-0.39, 0.29) is 12.3 Å². The van der Waals surface area contributed by atoms with E-state index < -0.39 is 0 Å². The summed E-state index contributed by atoms with van der Waals surface area (Å²) in [5.74, 6) is 0. The molecule has 178 valence electrons. The number of hydrogen-bond donors (Lipinski definition) is 0. The Morgan fingerprint density at radius 2 is 1.08 bits per heavy atom. The lowest BCUT2D eigenvalue weighted by molar-refractivity contribution is 0.634. The lowest BCUT2D eigenvalue weighted by Crippen LogP contribution is -2.60. The van der Waals surface area contributed by atoms with E-state index >= 15 is 0 Å². The second-order valence-electron chi connectivity index (χ2n) is 10.7. The molecule has 5 aromatic carbocycles. The molecule has 0 aliphatic carbocycles. The van der Waals surface area contributed by atoms with E-state index in [4.69, 9.17) is 0 Å². The Balaban J connectivity index is 1.60. The van der Waals surface area contributed by atoms with Crippen molar-refractivity contribution in [1.82, 2.24) is 0 Å². The van der Waals surface area contributed by atoms with Crippen LogP contribution in [0.1, 0.15) is 25.0 Å². The van der Waals surface area contributed by atoms with Crippen molar-refractivity contribution < 1.29 is 0 Å². The van der Waals surface area contributed by atoms with Crippen LogP contribution in [0.5, 0.6) is 0 Å². The van der Waals surface area contributed by atoms with Gasteiger partial charge >= 0.3 is 6.85 Å². The molecular formula is C34H29BN2. The van der Waals surface area contributed by atoms with Crippen LogP contribution in [0.2, 0.25) is 0 Å². The molecule has 0 unspecified atom stereocenters. The zero-order valence-electron chi connectivity index (χ0n) is 21.5. The molecule has 0 saturated heterocycles. The van der Waals surface area contributed by atoms with Crippen molar-refractivity contribution in [3.8, 4) is 11.1 Å². The van der Waals surface area contributed by atoms with Gasteiger partial charge in [0, 0.05) is 40.8 Å². The molecule has 2 nitrogen and oxygen atoms in total. The van der Waals surface area contributed by atoms with Crippen molar-refractivity contribution in [3.63, 3.8) is 0 Å². The Bertz CT molecular complexity index is 1590. The van der Waals surface area contributed by atoms with Gasteiger partial charge in [-0.1, -0.05) is 117 Å². The SMILES string of the molecule is CN1c2ccccc2B(N2c3ccccc3C(C)(C)c3cccc(-c4ccccc4)c32)c2ccccc21. The number of anilines is 4. The van der Waals surface area contributed by atoms with Crippen molar-refractivity contribution in [1.29, 1.82) is 0 Å².